The van der Waals surface area contributed by atoms with Gasteiger partial charge in [-0.1, -0.05) is 13.8 Å². The first-order chi connectivity index (χ1) is 8.86. The molecule has 0 heterocycles. The fourth-order valence-electron chi connectivity index (χ4n) is 1.65. The normalized spacial score (nSPS) is 12.1. The zero-order valence-corrected chi connectivity index (χ0v) is 11.6. The Kier molecular flexibility index (Phi) is 4.92. The molecule has 0 aromatic heterocycles. The topological polar surface area (TPSA) is 75.6 Å². The van der Waals surface area contributed by atoms with Crippen LogP contribution < -0.4 is 5.32 Å². The lowest BCUT2D eigenvalue weighted by molar-refractivity contribution is -0.144. The largest absolute Gasteiger partial charge is 0.508 e. The van der Waals surface area contributed by atoms with Crippen molar-refractivity contribution in [3.63, 3.8) is 0 Å². The number of benzene rings is 1. The second-order valence-electron chi connectivity index (χ2n) is 4.72. The van der Waals surface area contributed by atoms with E-state index in [1.165, 1.54) is 19.2 Å². The van der Waals surface area contributed by atoms with Crippen molar-refractivity contribution in [1.82, 2.24) is 5.32 Å². The molecule has 0 fully saturated rings. The molecule has 1 aromatic carbocycles. The van der Waals surface area contributed by atoms with E-state index in [-0.39, 0.29) is 17.6 Å². The van der Waals surface area contributed by atoms with Crippen LogP contribution in [0.5, 0.6) is 5.75 Å². The maximum atomic E-state index is 12.0. The molecule has 0 saturated heterocycles. The summed E-state index contributed by atoms with van der Waals surface area (Å²) in [6, 6.07) is 3.84. The predicted octanol–water partition coefficient (Wildman–Crippen LogP) is 1.63. The molecule has 1 amide bonds. The van der Waals surface area contributed by atoms with Crippen LogP contribution in [0.3, 0.4) is 0 Å². The van der Waals surface area contributed by atoms with Gasteiger partial charge in [-0.25, -0.2) is 4.79 Å². The maximum absolute atomic E-state index is 12.0. The molecule has 0 aliphatic carbocycles. The fraction of sp³-hybridized carbons (Fsp3) is 0.429. The summed E-state index contributed by atoms with van der Waals surface area (Å²) < 4.78 is 4.66. The highest BCUT2D eigenvalue weighted by Gasteiger charge is 2.25. The summed E-state index contributed by atoms with van der Waals surface area (Å²) in [5.41, 5.74) is 0.997. The van der Waals surface area contributed by atoms with Crippen molar-refractivity contribution in [2.75, 3.05) is 7.11 Å². The third-order valence-electron chi connectivity index (χ3n) is 2.87. The van der Waals surface area contributed by atoms with E-state index in [0.29, 0.717) is 11.1 Å². The van der Waals surface area contributed by atoms with E-state index in [9.17, 15) is 14.7 Å². The molecule has 0 spiro atoms. The molecule has 5 nitrogen and oxygen atoms in total. The summed E-state index contributed by atoms with van der Waals surface area (Å²) in [4.78, 5) is 23.6. The molecule has 0 radical (unpaired) electrons. The Bertz CT molecular complexity index is 482. The average molecular weight is 265 g/mol. The number of hydrogen-bond acceptors (Lipinski definition) is 4. The standard InChI is InChI=1S/C14H19NO4/c1-8(2)12(14(18)19-4)15-13(17)10-5-6-11(16)9(3)7-10/h5-8,12,16H,1-4H3,(H,15,17). The first kappa shape index (κ1) is 15.0. The van der Waals surface area contributed by atoms with Crippen LogP contribution in [0.25, 0.3) is 0 Å². The molecule has 2 N–H and O–H groups in total. The van der Waals surface area contributed by atoms with Crippen LogP contribution in [-0.4, -0.2) is 30.1 Å². The molecule has 0 aliphatic rings. The Labute approximate surface area is 112 Å². The number of phenolic OH excluding ortho intramolecular Hbond substituents is 1. The molecule has 104 valence electrons. The van der Waals surface area contributed by atoms with Crippen molar-refractivity contribution in [1.29, 1.82) is 0 Å². The number of esters is 1. The quantitative estimate of drug-likeness (QED) is 0.811. The number of amides is 1. The summed E-state index contributed by atoms with van der Waals surface area (Å²) in [6.07, 6.45) is 0. The first-order valence-corrected chi connectivity index (χ1v) is 6.05. The molecule has 0 bridgehead atoms. The van der Waals surface area contributed by atoms with E-state index in [1.807, 2.05) is 13.8 Å². The number of carbonyl (C=O) groups is 2. The van der Waals surface area contributed by atoms with Crippen LogP contribution in [0, 0.1) is 12.8 Å². The minimum atomic E-state index is -0.688. The summed E-state index contributed by atoms with van der Waals surface area (Å²) in [6.45, 7) is 5.35. The molecule has 1 rings (SSSR count). The van der Waals surface area contributed by atoms with Gasteiger partial charge in [0.2, 0.25) is 0 Å². The molecule has 0 saturated carbocycles. The first-order valence-electron chi connectivity index (χ1n) is 6.05. The molecule has 0 aliphatic heterocycles. The second-order valence-corrected chi connectivity index (χ2v) is 4.72. The molecule has 1 aromatic rings. The third-order valence-corrected chi connectivity index (χ3v) is 2.87. The Balaban J connectivity index is 2.87. The van der Waals surface area contributed by atoms with Crippen molar-refractivity contribution in [3.8, 4) is 5.75 Å². The zero-order chi connectivity index (χ0) is 14.6. The van der Waals surface area contributed by atoms with E-state index in [2.05, 4.69) is 10.1 Å². The Morgan fingerprint density at radius 3 is 2.42 bits per heavy atom. The Morgan fingerprint density at radius 1 is 1.32 bits per heavy atom. The van der Waals surface area contributed by atoms with Crippen LogP contribution in [0.2, 0.25) is 0 Å². The second kappa shape index (κ2) is 6.22. The van der Waals surface area contributed by atoms with Gasteiger partial charge < -0.3 is 15.2 Å². The van der Waals surface area contributed by atoms with Gasteiger partial charge >= 0.3 is 5.97 Å². The smallest absolute Gasteiger partial charge is 0.328 e. The Morgan fingerprint density at radius 2 is 1.95 bits per heavy atom. The summed E-state index contributed by atoms with van der Waals surface area (Å²) in [5.74, 6) is -0.786. The number of rotatable bonds is 4. The van der Waals surface area contributed by atoms with Crippen LogP contribution in [0.4, 0.5) is 0 Å². The van der Waals surface area contributed by atoms with E-state index in [1.54, 1.807) is 13.0 Å². The van der Waals surface area contributed by atoms with Crippen LogP contribution in [-0.2, 0) is 9.53 Å². The van der Waals surface area contributed by atoms with Crippen LogP contribution in [0.1, 0.15) is 29.8 Å². The van der Waals surface area contributed by atoms with Gasteiger partial charge in [0.25, 0.3) is 5.91 Å². The molecule has 1 unspecified atom stereocenters. The van der Waals surface area contributed by atoms with Gasteiger partial charge in [-0.3, -0.25) is 4.79 Å². The average Bonchev–Trinajstić information content (AvgIpc) is 2.37. The highest BCUT2D eigenvalue weighted by atomic mass is 16.5. The highest BCUT2D eigenvalue weighted by Crippen LogP contribution is 2.17. The van der Waals surface area contributed by atoms with Gasteiger partial charge in [0.1, 0.15) is 11.8 Å². The highest BCUT2D eigenvalue weighted by molar-refractivity contribution is 5.97. The van der Waals surface area contributed by atoms with Crippen molar-refractivity contribution in [2.24, 2.45) is 5.92 Å². The lowest BCUT2D eigenvalue weighted by Crippen LogP contribution is -2.45. The number of phenols is 1. The van der Waals surface area contributed by atoms with E-state index in [4.69, 9.17) is 0 Å². The monoisotopic (exact) mass is 265 g/mol. The maximum Gasteiger partial charge on any atom is 0.328 e. The molecule has 19 heavy (non-hydrogen) atoms. The lowest BCUT2D eigenvalue weighted by Gasteiger charge is -2.19. The fourth-order valence-corrected chi connectivity index (χ4v) is 1.65. The minimum Gasteiger partial charge on any atom is -0.508 e. The minimum absolute atomic E-state index is 0.0744. The number of carbonyl (C=O) groups excluding carboxylic acids is 2. The van der Waals surface area contributed by atoms with Crippen LogP contribution >= 0.6 is 0 Å². The van der Waals surface area contributed by atoms with Crippen molar-refractivity contribution >= 4 is 11.9 Å². The molecular weight excluding hydrogens is 246 g/mol. The van der Waals surface area contributed by atoms with Gasteiger partial charge in [-0.15, -0.1) is 0 Å². The zero-order valence-electron chi connectivity index (χ0n) is 11.6. The molecular formula is C14H19NO4. The SMILES string of the molecule is COC(=O)C(NC(=O)c1ccc(O)c(C)c1)C(C)C. The van der Waals surface area contributed by atoms with Gasteiger partial charge in [0.05, 0.1) is 7.11 Å². The number of ether oxygens (including phenoxy) is 1. The van der Waals surface area contributed by atoms with Gasteiger partial charge in [-0.2, -0.15) is 0 Å². The van der Waals surface area contributed by atoms with Crippen molar-refractivity contribution < 1.29 is 19.4 Å². The number of methoxy groups -OCH3 is 1. The number of aromatic hydroxyl groups is 1. The predicted molar refractivity (Wildman–Crippen MR) is 71.0 cm³/mol. The molecule has 5 heteroatoms. The van der Waals surface area contributed by atoms with E-state index >= 15 is 0 Å². The van der Waals surface area contributed by atoms with Crippen molar-refractivity contribution in [2.45, 2.75) is 26.8 Å². The van der Waals surface area contributed by atoms with Gasteiger partial charge in [-0.05, 0) is 36.6 Å². The number of aryl methyl sites for hydroxylation is 1. The van der Waals surface area contributed by atoms with Gasteiger partial charge in [0.15, 0.2) is 0 Å². The van der Waals surface area contributed by atoms with Crippen LogP contribution in [0.15, 0.2) is 18.2 Å². The van der Waals surface area contributed by atoms with E-state index in [0.717, 1.165) is 0 Å². The summed E-state index contributed by atoms with van der Waals surface area (Å²) >= 11 is 0. The van der Waals surface area contributed by atoms with Crippen molar-refractivity contribution in [3.05, 3.63) is 29.3 Å². The number of hydrogen-bond donors (Lipinski definition) is 2. The lowest BCUT2D eigenvalue weighted by atomic mass is 10.0. The summed E-state index contributed by atoms with van der Waals surface area (Å²) in [7, 11) is 1.29. The Hall–Kier alpha value is -2.04. The number of nitrogens with one attached hydrogen (secondary N) is 1. The van der Waals surface area contributed by atoms with Gasteiger partial charge in [0, 0.05) is 5.56 Å². The summed E-state index contributed by atoms with van der Waals surface area (Å²) in [5, 5.41) is 12.1. The molecule has 1 atom stereocenters. The van der Waals surface area contributed by atoms with E-state index < -0.39 is 12.0 Å². The third kappa shape index (κ3) is 3.71.